The second-order valence-corrected chi connectivity index (χ2v) is 6.32. The number of nitrogens with two attached hydrogens (primary N) is 1. The van der Waals surface area contributed by atoms with Crippen LogP contribution in [-0.2, 0) is 16.6 Å². The molecule has 0 aliphatic carbocycles. The molecule has 0 unspecified atom stereocenters. The van der Waals surface area contributed by atoms with E-state index in [0.29, 0.717) is 0 Å². The minimum Gasteiger partial charge on any atom is -0.398 e. The van der Waals surface area contributed by atoms with Gasteiger partial charge in [-0.25, -0.2) is 12.8 Å². The average molecular weight is 295 g/mol. The van der Waals surface area contributed by atoms with E-state index in [-0.39, 0.29) is 17.1 Å². The highest BCUT2D eigenvalue weighted by molar-refractivity contribution is 7.89. The van der Waals surface area contributed by atoms with Crippen LogP contribution < -0.4 is 5.73 Å². The lowest BCUT2D eigenvalue weighted by Crippen LogP contribution is -2.27. The second-order valence-electron chi connectivity index (χ2n) is 4.30. The molecule has 0 aliphatic heterocycles. The Labute approximate surface area is 116 Å². The maximum atomic E-state index is 13.0. The van der Waals surface area contributed by atoms with Crippen LogP contribution in [0.4, 0.5) is 10.1 Å². The molecule has 1 aromatic heterocycles. The molecule has 2 aromatic rings. The molecule has 0 bridgehead atoms. The van der Waals surface area contributed by atoms with E-state index in [4.69, 9.17) is 5.73 Å². The molecule has 0 atom stereocenters. The van der Waals surface area contributed by atoms with E-state index in [0.717, 1.165) is 22.0 Å². The van der Waals surface area contributed by atoms with Crippen molar-refractivity contribution in [3.8, 4) is 0 Å². The van der Waals surface area contributed by atoms with Gasteiger partial charge in [-0.1, -0.05) is 6.07 Å². The fourth-order valence-corrected chi connectivity index (χ4v) is 3.01. The van der Waals surface area contributed by atoms with Gasteiger partial charge in [-0.05, 0) is 29.8 Å². The summed E-state index contributed by atoms with van der Waals surface area (Å²) in [5.74, 6) is -0.573. The lowest BCUT2D eigenvalue weighted by molar-refractivity contribution is 0.466. The third kappa shape index (κ3) is 2.94. The number of benzene rings is 1. The van der Waals surface area contributed by atoms with E-state index in [2.05, 4.69) is 4.98 Å². The molecule has 1 aromatic carbocycles. The Balaban J connectivity index is 2.30. The summed E-state index contributed by atoms with van der Waals surface area (Å²) in [7, 11) is -2.34. The Kier molecular flexibility index (Phi) is 4.01. The first-order valence-electron chi connectivity index (χ1n) is 5.81. The third-order valence-electron chi connectivity index (χ3n) is 2.79. The minimum atomic E-state index is -3.77. The van der Waals surface area contributed by atoms with Gasteiger partial charge in [-0.15, -0.1) is 0 Å². The number of rotatable bonds is 4. The lowest BCUT2D eigenvalue weighted by Gasteiger charge is -2.18. The molecule has 0 fully saturated rings. The van der Waals surface area contributed by atoms with E-state index >= 15 is 0 Å². The molecule has 5 nitrogen and oxygen atoms in total. The zero-order valence-electron chi connectivity index (χ0n) is 10.8. The second kappa shape index (κ2) is 5.56. The van der Waals surface area contributed by atoms with Crippen molar-refractivity contribution in [2.45, 2.75) is 11.4 Å². The van der Waals surface area contributed by atoms with Crippen LogP contribution in [0.25, 0.3) is 0 Å². The van der Waals surface area contributed by atoms with Gasteiger partial charge in [-0.3, -0.25) is 4.98 Å². The number of aromatic nitrogens is 1. The number of hydrogen-bond donors (Lipinski definition) is 1. The molecule has 1 heterocycles. The van der Waals surface area contributed by atoms with Gasteiger partial charge < -0.3 is 5.73 Å². The van der Waals surface area contributed by atoms with Crippen molar-refractivity contribution in [1.82, 2.24) is 9.29 Å². The van der Waals surface area contributed by atoms with Gasteiger partial charge >= 0.3 is 0 Å². The molecule has 0 radical (unpaired) electrons. The number of halogens is 1. The van der Waals surface area contributed by atoms with Gasteiger partial charge in [0.15, 0.2) is 0 Å². The fraction of sp³-hybridized carbons (Fsp3) is 0.154. The van der Waals surface area contributed by atoms with Crippen LogP contribution in [0, 0.1) is 5.82 Å². The van der Waals surface area contributed by atoms with E-state index in [1.54, 1.807) is 24.5 Å². The number of hydrogen-bond acceptors (Lipinski definition) is 4. The summed E-state index contributed by atoms with van der Waals surface area (Å²) >= 11 is 0. The molecular weight excluding hydrogens is 281 g/mol. The summed E-state index contributed by atoms with van der Waals surface area (Å²) < 4.78 is 38.9. The quantitative estimate of drug-likeness (QED) is 0.870. The predicted octanol–water partition coefficient (Wildman–Crippen LogP) is 1.62. The lowest BCUT2D eigenvalue weighted by atomic mass is 10.3. The summed E-state index contributed by atoms with van der Waals surface area (Å²) in [5, 5.41) is 0. The molecular formula is C13H14FN3O2S. The summed E-state index contributed by atoms with van der Waals surface area (Å²) in [4.78, 5) is 3.82. The first-order valence-corrected chi connectivity index (χ1v) is 7.25. The summed E-state index contributed by atoms with van der Waals surface area (Å²) in [6, 6.07) is 6.72. The number of anilines is 1. The van der Waals surface area contributed by atoms with Gasteiger partial charge in [-0.2, -0.15) is 4.31 Å². The fourth-order valence-electron chi connectivity index (χ4n) is 1.76. The summed E-state index contributed by atoms with van der Waals surface area (Å²) in [6.45, 7) is 0.160. The van der Waals surface area contributed by atoms with Crippen molar-refractivity contribution >= 4 is 15.7 Å². The number of pyridine rings is 1. The van der Waals surface area contributed by atoms with Gasteiger partial charge in [0, 0.05) is 26.0 Å². The molecule has 0 spiro atoms. The highest BCUT2D eigenvalue weighted by Crippen LogP contribution is 2.23. The average Bonchev–Trinajstić information content (AvgIpc) is 2.39. The molecule has 20 heavy (non-hydrogen) atoms. The van der Waals surface area contributed by atoms with Crippen LogP contribution in [0.5, 0.6) is 0 Å². The maximum Gasteiger partial charge on any atom is 0.245 e. The van der Waals surface area contributed by atoms with Crippen LogP contribution >= 0.6 is 0 Å². The molecule has 0 amide bonds. The Hall–Kier alpha value is -1.99. The van der Waals surface area contributed by atoms with Crippen molar-refractivity contribution in [2.75, 3.05) is 12.8 Å². The van der Waals surface area contributed by atoms with Crippen molar-refractivity contribution in [3.05, 3.63) is 54.1 Å². The zero-order valence-corrected chi connectivity index (χ0v) is 11.6. The van der Waals surface area contributed by atoms with Crippen LogP contribution in [0.1, 0.15) is 5.56 Å². The highest BCUT2D eigenvalue weighted by Gasteiger charge is 2.23. The first-order chi connectivity index (χ1) is 9.41. The van der Waals surface area contributed by atoms with Gasteiger partial charge in [0.05, 0.1) is 5.69 Å². The molecule has 0 saturated carbocycles. The van der Waals surface area contributed by atoms with Crippen molar-refractivity contribution in [1.29, 1.82) is 0 Å². The normalized spacial score (nSPS) is 11.8. The van der Waals surface area contributed by atoms with Crippen molar-refractivity contribution in [3.63, 3.8) is 0 Å². The Morgan fingerprint density at radius 1 is 1.35 bits per heavy atom. The Morgan fingerprint density at radius 2 is 2.10 bits per heavy atom. The minimum absolute atomic E-state index is 0.106. The smallest absolute Gasteiger partial charge is 0.245 e. The van der Waals surface area contributed by atoms with Gasteiger partial charge in [0.2, 0.25) is 10.0 Å². The summed E-state index contributed by atoms with van der Waals surface area (Å²) in [5.41, 5.74) is 6.22. The standard InChI is InChI=1S/C13H14FN3O2S/c1-17(9-10-3-2-6-16-8-10)20(18,19)13-5-4-11(14)7-12(13)15/h2-8H,9,15H2,1H3. The molecule has 0 aliphatic rings. The molecule has 2 N–H and O–H groups in total. The van der Waals surface area contributed by atoms with Crippen LogP contribution in [-0.4, -0.2) is 24.8 Å². The predicted molar refractivity (Wildman–Crippen MR) is 73.7 cm³/mol. The highest BCUT2D eigenvalue weighted by atomic mass is 32.2. The van der Waals surface area contributed by atoms with Crippen molar-refractivity contribution in [2.24, 2.45) is 0 Å². The Bertz CT molecular complexity index is 705. The van der Waals surface area contributed by atoms with Crippen LogP contribution in [0.3, 0.4) is 0 Å². The van der Waals surface area contributed by atoms with Crippen molar-refractivity contribution < 1.29 is 12.8 Å². The topological polar surface area (TPSA) is 76.3 Å². The SMILES string of the molecule is CN(Cc1cccnc1)S(=O)(=O)c1ccc(F)cc1N. The van der Waals surface area contributed by atoms with Crippen LogP contribution in [0.15, 0.2) is 47.6 Å². The largest absolute Gasteiger partial charge is 0.398 e. The van der Waals surface area contributed by atoms with E-state index < -0.39 is 15.8 Å². The molecule has 0 saturated heterocycles. The van der Waals surface area contributed by atoms with E-state index in [9.17, 15) is 12.8 Å². The Morgan fingerprint density at radius 3 is 2.70 bits per heavy atom. The molecule has 2 rings (SSSR count). The molecule has 106 valence electrons. The van der Waals surface area contributed by atoms with E-state index in [1.807, 2.05) is 0 Å². The number of nitrogen functional groups attached to an aromatic ring is 1. The van der Waals surface area contributed by atoms with E-state index in [1.165, 1.54) is 13.1 Å². The van der Waals surface area contributed by atoms with Gasteiger partial charge in [0.25, 0.3) is 0 Å². The zero-order chi connectivity index (χ0) is 14.8. The number of nitrogens with zero attached hydrogens (tertiary/aromatic N) is 2. The summed E-state index contributed by atoms with van der Waals surface area (Å²) in [6.07, 6.45) is 3.19. The van der Waals surface area contributed by atoms with Crippen LogP contribution in [0.2, 0.25) is 0 Å². The molecule has 7 heteroatoms. The monoisotopic (exact) mass is 295 g/mol. The first kappa shape index (κ1) is 14.4. The maximum absolute atomic E-state index is 13.0. The van der Waals surface area contributed by atoms with Gasteiger partial charge in [0.1, 0.15) is 10.7 Å². The third-order valence-corrected chi connectivity index (χ3v) is 4.67. The number of sulfonamides is 1.